The summed E-state index contributed by atoms with van der Waals surface area (Å²) in [5.74, 6) is 3.06. The number of aromatic nitrogens is 2. The molecule has 0 bridgehead atoms. The van der Waals surface area contributed by atoms with Gasteiger partial charge in [-0.25, -0.2) is 9.97 Å². The number of ether oxygens (including phenoxy) is 1. The fraction of sp³-hybridized carbons (Fsp3) is 0.172. The van der Waals surface area contributed by atoms with Crippen LogP contribution in [0.1, 0.15) is 58.8 Å². The number of ketones is 2. The Morgan fingerprint density at radius 1 is 0.971 bits per heavy atom. The summed E-state index contributed by atoms with van der Waals surface area (Å²) in [5.41, 5.74) is 4.12. The molecule has 1 heterocycles. The zero-order chi connectivity index (χ0) is 24.2. The molecule has 0 fully saturated rings. The largest absolute Gasteiger partial charge is 0.481 e. The van der Waals surface area contributed by atoms with Gasteiger partial charge in [0, 0.05) is 22.1 Å². The molecule has 0 saturated heterocycles. The van der Waals surface area contributed by atoms with Crippen LogP contribution >= 0.6 is 0 Å². The number of carbonyl (C=O) groups is 2. The lowest BCUT2D eigenvalue weighted by atomic mass is 9.99. The van der Waals surface area contributed by atoms with E-state index in [2.05, 4.69) is 41.9 Å². The highest BCUT2D eigenvalue weighted by Crippen LogP contribution is 2.31. The molecule has 0 saturated carbocycles. The molecular formula is C29H24N2O3. The summed E-state index contributed by atoms with van der Waals surface area (Å²) >= 11 is 0. The summed E-state index contributed by atoms with van der Waals surface area (Å²) in [6.07, 6.45) is 5.33. The molecule has 5 heteroatoms. The molecule has 4 aromatic rings. The minimum atomic E-state index is -0.349. The second-order valence-electron chi connectivity index (χ2n) is 8.31. The lowest BCUT2D eigenvalue weighted by Gasteiger charge is -2.12. The van der Waals surface area contributed by atoms with Gasteiger partial charge in [-0.2, -0.15) is 0 Å². The molecule has 168 valence electrons. The van der Waals surface area contributed by atoms with E-state index in [1.807, 2.05) is 18.2 Å². The third-order valence-electron chi connectivity index (χ3n) is 5.57. The molecule has 0 amide bonds. The molecule has 0 aliphatic rings. The highest BCUT2D eigenvalue weighted by molar-refractivity contribution is 6.09. The van der Waals surface area contributed by atoms with Crippen molar-refractivity contribution >= 4 is 22.5 Å². The summed E-state index contributed by atoms with van der Waals surface area (Å²) in [6.45, 7) is 5.88. The molecule has 0 spiro atoms. The number of carbonyl (C=O) groups excluding carboxylic acids is 2. The van der Waals surface area contributed by atoms with Gasteiger partial charge in [-0.15, -0.1) is 6.42 Å². The van der Waals surface area contributed by atoms with Crippen LogP contribution in [0.4, 0.5) is 0 Å². The highest BCUT2D eigenvalue weighted by atomic mass is 16.5. The van der Waals surface area contributed by atoms with Gasteiger partial charge in [-0.05, 0) is 42.7 Å². The second-order valence-corrected chi connectivity index (χ2v) is 8.31. The standard InChI is InChI=1S/C29H24N2O3/c1-5-15-34-24-13-14-26-25(17-24)27(21-11-9-20(10-12-21)18(2)3)31-29(30-26)28(33)23-8-6-7-22(16-23)19(4)32/h1,6-14,16-18H,15H2,2-4H3. The first kappa shape index (κ1) is 22.9. The normalized spacial score (nSPS) is 10.8. The average Bonchev–Trinajstić information content (AvgIpc) is 2.86. The van der Waals surface area contributed by atoms with Gasteiger partial charge in [0.05, 0.1) is 11.2 Å². The first-order valence-corrected chi connectivity index (χ1v) is 11.0. The third-order valence-corrected chi connectivity index (χ3v) is 5.57. The molecule has 0 radical (unpaired) electrons. The lowest BCUT2D eigenvalue weighted by Crippen LogP contribution is -2.09. The van der Waals surface area contributed by atoms with Crippen LogP contribution in [0, 0.1) is 12.3 Å². The molecule has 0 unspecified atom stereocenters. The van der Waals surface area contributed by atoms with E-state index in [1.54, 1.807) is 36.4 Å². The molecule has 0 aliphatic carbocycles. The van der Waals surface area contributed by atoms with Crippen molar-refractivity contribution in [3.8, 4) is 29.4 Å². The van der Waals surface area contributed by atoms with Gasteiger partial charge in [0.2, 0.25) is 11.6 Å². The van der Waals surface area contributed by atoms with Gasteiger partial charge in [-0.1, -0.05) is 62.2 Å². The van der Waals surface area contributed by atoms with Gasteiger partial charge < -0.3 is 4.74 Å². The lowest BCUT2D eigenvalue weighted by molar-refractivity contribution is 0.101. The van der Waals surface area contributed by atoms with E-state index in [9.17, 15) is 9.59 Å². The van der Waals surface area contributed by atoms with E-state index < -0.39 is 0 Å². The molecule has 0 aliphatic heterocycles. The van der Waals surface area contributed by atoms with E-state index in [1.165, 1.54) is 12.5 Å². The number of hydrogen-bond acceptors (Lipinski definition) is 5. The fourth-order valence-corrected chi connectivity index (χ4v) is 3.68. The van der Waals surface area contributed by atoms with Gasteiger partial charge in [0.1, 0.15) is 12.4 Å². The van der Waals surface area contributed by atoms with Crippen molar-refractivity contribution in [2.75, 3.05) is 6.61 Å². The molecule has 4 rings (SSSR count). The number of terminal acetylenes is 1. The van der Waals surface area contributed by atoms with Crippen LogP contribution in [-0.2, 0) is 0 Å². The van der Waals surface area contributed by atoms with E-state index in [0.29, 0.717) is 34.0 Å². The molecule has 0 N–H and O–H groups in total. The topological polar surface area (TPSA) is 69.2 Å². The first-order chi connectivity index (χ1) is 16.4. The van der Waals surface area contributed by atoms with E-state index in [4.69, 9.17) is 11.2 Å². The summed E-state index contributed by atoms with van der Waals surface area (Å²) < 4.78 is 5.60. The van der Waals surface area contributed by atoms with Crippen molar-refractivity contribution in [1.29, 1.82) is 0 Å². The maximum atomic E-state index is 13.3. The summed E-state index contributed by atoms with van der Waals surface area (Å²) in [7, 11) is 0. The second kappa shape index (κ2) is 9.68. The predicted molar refractivity (Wildman–Crippen MR) is 133 cm³/mol. The van der Waals surface area contributed by atoms with Crippen LogP contribution in [0.5, 0.6) is 5.75 Å². The van der Waals surface area contributed by atoms with Gasteiger partial charge in [-0.3, -0.25) is 9.59 Å². The SMILES string of the molecule is C#CCOc1ccc2nc(C(=O)c3cccc(C(C)=O)c3)nc(-c3ccc(C(C)C)cc3)c2c1. The minimum absolute atomic E-state index is 0.0634. The molecule has 3 aromatic carbocycles. The molecule has 0 atom stereocenters. The van der Waals surface area contributed by atoms with E-state index in [0.717, 1.165) is 10.9 Å². The van der Waals surface area contributed by atoms with E-state index in [-0.39, 0.29) is 24.0 Å². The van der Waals surface area contributed by atoms with Gasteiger partial charge >= 0.3 is 0 Å². The number of benzene rings is 3. The third kappa shape index (κ3) is 4.72. The quantitative estimate of drug-likeness (QED) is 0.261. The minimum Gasteiger partial charge on any atom is -0.481 e. The van der Waals surface area contributed by atoms with Crippen molar-refractivity contribution in [3.05, 3.63) is 89.2 Å². The highest BCUT2D eigenvalue weighted by Gasteiger charge is 2.18. The van der Waals surface area contributed by atoms with Crippen molar-refractivity contribution in [2.45, 2.75) is 26.7 Å². The summed E-state index contributed by atoms with van der Waals surface area (Å²) in [6, 6.07) is 20.1. The smallest absolute Gasteiger partial charge is 0.230 e. The Hall–Kier alpha value is -4.30. The Morgan fingerprint density at radius 2 is 1.71 bits per heavy atom. The van der Waals surface area contributed by atoms with Crippen LogP contribution in [0.15, 0.2) is 66.7 Å². The van der Waals surface area contributed by atoms with Crippen LogP contribution in [0.3, 0.4) is 0 Å². The zero-order valence-corrected chi connectivity index (χ0v) is 19.3. The molecule has 1 aromatic heterocycles. The van der Waals surface area contributed by atoms with Crippen molar-refractivity contribution in [3.63, 3.8) is 0 Å². The van der Waals surface area contributed by atoms with E-state index >= 15 is 0 Å². The maximum Gasteiger partial charge on any atom is 0.230 e. The fourth-order valence-electron chi connectivity index (χ4n) is 3.68. The zero-order valence-electron chi connectivity index (χ0n) is 19.3. The summed E-state index contributed by atoms with van der Waals surface area (Å²) in [4.78, 5) is 34.3. The Morgan fingerprint density at radius 3 is 2.38 bits per heavy atom. The van der Waals surface area contributed by atoms with Crippen LogP contribution in [0.2, 0.25) is 0 Å². The Bertz CT molecular complexity index is 1430. The molecule has 5 nitrogen and oxygen atoms in total. The average molecular weight is 449 g/mol. The van der Waals surface area contributed by atoms with Crippen LogP contribution < -0.4 is 4.74 Å². The Labute approximate surface area is 198 Å². The van der Waals surface area contributed by atoms with Gasteiger partial charge in [0.15, 0.2) is 5.78 Å². The van der Waals surface area contributed by atoms with Crippen molar-refractivity contribution in [2.24, 2.45) is 0 Å². The van der Waals surface area contributed by atoms with Crippen molar-refractivity contribution in [1.82, 2.24) is 9.97 Å². The number of Topliss-reactive ketones (excluding diaryl/α,β-unsaturated/α-hetero) is 1. The van der Waals surface area contributed by atoms with Crippen molar-refractivity contribution < 1.29 is 14.3 Å². The number of hydrogen-bond donors (Lipinski definition) is 0. The predicted octanol–water partition coefficient (Wildman–Crippen LogP) is 5.87. The van der Waals surface area contributed by atoms with Gasteiger partial charge in [0.25, 0.3) is 0 Å². The summed E-state index contributed by atoms with van der Waals surface area (Å²) in [5, 5.41) is 0.751. The number of rotatable bonds is 7. The van der Waals surface area contributed by atoms with Crippen LogP contribution in [0.25, 0.3) is 22.2 Å². The Balaban J connectivity index is 1.87. The molecular weight excluding hydrogens is 424 g/mol. The Kier molecular flexibility index (Phi) is 6.51. The monoisotopic (exact) mass is 448 g/mol. The molecule has 34 heavy (non-hydrogen) atoms. The first-order valence-electron chi connectivity index (χ1n) is 11.0. The number of nitrogens with zero attached hydrogens (tertiary/aromatic N) is 2. The van der Waals surface area contributed by atoms with Crippen LogP contribution in [-0.4, -0.2) is 28.1 Å². The number of fused-ring (bicyclic) bond motifs is 1. The maximum absolute atomic E-state index is 13.3.